The first kappa shape index (κ1) is 15.3. The molecular weight excluding hydrogens is 228 g/mol. The number of likely N-dealkylation sites (N-methyl/N-ethyl adjacent to an activating group) is 1. The van der Waals surface area contributed by atoms with Crippen LogP contribution in [-0.4, -0.2) is 42.6 Å². The zero-order chi connectivity index (χ0) is 12.7. The molecule has 0 aliphatic heterocycles. The first-order valence-corrected chi connectivity index (χ1v) is 8.49. The highest BCUT2D eigenvalue weighted by Gasteiger charge is 2.25. The number of rotatable bonds is 7. The highest BCUT2D eigenvalue weighted by atomic mass is 32.2. The van der Waals surface area contributed by atoms with E-state index < -0.39 is 0 Å². The normalized spacial score (nSPS) is 27.4. The van der Waals surface area contributed by atoms with Gasteiger partial charge in [-0.3, -0.25) is 4.90 Å². The lowest BCUT2D eigenvalue weighted by Crippen LogP contribution is -2.45. The number of nitrogens with zero attached hydrogens (tertiary/aromatic N) is 1. The van der Waals surface area contributed by atoms with Gasteiger partial charge in [-0.15, -0.1) is 0 Å². The van der Waals surface area contributed by atoms with Crippen LogP contribution in [0.1, 0.15) is 45.4 Å². The van der Waals surface area contributed by atoms with Crippen LogP contribution in [0.15, 0.2) is 0 Å². The van der Waals surface area contributed by atoms with Crippen LogP contribution < -0.4 is 5.73 Å². The molecular formula is C14H30N2S. The molecule has 1 atom stereocenters. The van der Waals surface area contributed by atoms with Crippen molar-refractivity contribution in [2.24, 2.45) is 11.7 Å². The Morgan fingerprint density at radius 1 is 1.29 bits per heavy atom. The predicted molar refractivity (Wildman–Crippen MR) is 79.6 cm³/mol. The molecule has 2 nitrogen and oxygen atoms in total. The van der Waals surface area contributed by atoms with Gasteiger partial charge < -0.3 is 5.73 Å². The molecule has 1 unspecified atom stereocenters. The molecule has 1 fully saturated rings. The molecule has 0 amide bonds. The standard InChI is InChI=1S/C14H30N2S/c1-12-6-8-13(9-7-12)16(2)14(11-15)5-4-10-17-3/h12-14H,4-11,15H2,1-3H3. The molecule has 0 saturated heterocycles. The summed E-state index contributed by atoms with van der Waals surface area (Å²) in [5, 5.41) is 0. The summed E-state index contributed by atoms with van der Waals surface area (Å²) in [5.41, 5.74) is 5.94. The SMILES string of the molecule is CSCCCC(CN)N(C)C1CCC(C)CC1. The van der Waals surface area contributed by atoms with Crippen LogP contribution in [0.2, 0.25) is 0 Å². The van der Waals surface area contributed by atoms with Gasteiger partial charge in [0.2, 0.25) is 0 Å². The van der Waals surface area contributed by atoms with Gasteiger partial charge in [-0.05, 0) is 63.5 Å². The summed E-state index contributed by atoms with van der Waals surface area (Å²) in [5.74, 6) is 2.21. The fourth-order valence-electron chi connectivity index (χ4n) is 2.90. The smallest absolute Gasteiger partial charge is 0.0218 e. The molecule has 0 aromatic heterocycles. The van der Waals surface area contributed by atoms with Gasteiger partial charge in [0.1, 0.15) is 0 Å². The monoisotopic (exact) mass is 258 g/mol. The first-order chi connectivity index (χ1) is 8.19. The maximum absolute atomic E-state index is 5.94. The summed E-state index contributed by atoms with van der Waals surface area (Å²) in [6, 6.07) is 1.38. The van der Waals surface area contributed by atoms with Crippen LogP contribution in [0.3, 0.4) is 0 Å². The average Bonchev–Trinajstić information content (AvgIpc) is 2.35. The predicted octanol–water partition coefficient (Wildman–Crippen LogP) is 2.97. The average molecular weight is 258 g/mol. The topological polar surface area (TPSA) is 29.3 Å². The van der Waals surface area contributed by atoms with Gasteiger partial charge in [0.05, 0.1) is 0 Å². The summed E-state index contributed by atoms with van der Waals surface area (Å²) >= 11 is 1.94. The molecule has 0 spiro atoms. The summed E-state index contributed by atoms with van der Waals surface area (Å²) in [7, 11) is 2.29. The van der Waals surface area contributed by atoms with Gasteiger partial charge in [0.15, 0.2) is 0 Å². The lowest BCUT2D eigenvalue weighted by Gasteiger charge is -2.38. The Balaban J connectivity index is 2.34. The van der Waals surface area contributed by atoms with Crippen LogP contribution in [0.5, 0.6) is 0 Å². The minimum Gasteiger partial charge on any atom is -0.329 e. The highest BCUT2D eigenvalue weighted by molar-refractivity contribution is 7.98. The van der Waals surface area contributed by atoms with E-state index in [0.29, 0.717) is 6.04 Å². The minimum atomic E-state index is 0.598. The van der Waals surface area contributed by atoms with Crippen molar-refractivity contribution in [1.29, 1.82) is 0 Å². The highest BCUT2D eigenvalue weighted by Crippen LogP contribution is 2.27. The zero-order valence-electron chi connectivity index (χ0n) is 11.8. The van der Waals surface area contributed by atoms with Crippen LogP contribution in [0.25, 0.3) is 0 Å². The van der Waals surface area contributed by atoms with Gasteiger partial charge in [0, 0.05) is 18.6 Å². The number of nitrogens with two attached hydrogens (primary N) is 1. The molecule has 1 rings (SSSR count). The quantitative estimate of drug-likeness (QED) is 0.712. The van der Waals surface area contributed by atoms with E-state index in [1.54, 1.807) is 0 Å². The van der Waals surface area contributed by atoms with Crippen molar-refractivity contribution in [3.63, 3.8) is 0 Å². The lowest BCUT2D eigenvalue weighted by atomic mass is 9.86. The molecule has 0 bridgehead atoms. The van der Waals surface area contributed by atoms with Crippen LogP contribution >= 0.6 is 11.8 Å². The Kier molecular flexibility index (Phi) is 7.56. The van der Waals surface area contributed by atoms with E-state index in [-0.39, 0.29) is 0 Å². The van der Waals surface area contributed by atoms with Gasteiger partial charge in [-0.2, -0.15) is 11.8 Å². The number of thioether (sulfide) groups is 1. The van der Waals surface area contributed by atoms with Gasteiger partial charge in [0.25, 0.3) is 0 Å². The molecule has 102 valence electrons. The molecule has 1 aliphatic rings. The van der Waals surface area contributed by atoms with Gasteiger partial charge >= 0.3 is 0 Å². The third-order valence-corrected chi connectivity index (χ3v) is 4.99. The van der Waals surface area contributed by atoms with E-state index in [1.807, 2.05) is 11.8 Å². The second-order valence-corrected chi connectivity index (χ2v) is 6.59. The summed E-state index contributed by atoms with van der Waals surface area (Å²) in [6.07, 6.45) is 10.3. The maximum Gasteiger partial charge on any atom is 0.0218 e. The van der Waals surface area contributed by atoms with Crippen molar-refractivity contribution >= 4 is 11.8 Å². The van der Waals surface area contributed by atoms with E-state index in [1.165, 1.54) is 44.3 Å². The maximum atomic E-state index is 5.94. The third kappa shape index (κ3) is 5.19. The Bertz CT molecular complexity index is 191. The second kappa shape index (κ2) is 8.39. The Labute approximate surface area is 112 Å². The van der Waals surface area contributed by atoms with E-state index in [2.05, 4.69) is 25.1 Å². The molecule has 0 radical (unpaired) electrons. The van der Waals surface area contributed by atoms with Crippen molar-refractivity contribution in [1.82, 2.24) is 4.90 Å². The molecule has 2 N–H and O–H groups in total. The fourth-order valence-corrected chi connectivity index (χ4v) is 3.35. The molecule has 1 saturated carbocycles. The molecule has 0 aromatic carbocycles. The minimum absolute atomic E-state index is 0.598. The number of hydrogen-bond acceptors (Lipinski definition) is 3. The van der Waals surface area contributed by atoms with Crippen molar-refractivity contribution < 1.29 is 0 Å². The summed E-state index contributed by atoms with van der Waals surface area (Å²) in [4.78, 5) is 2.58. The van der Waals surface area contributed by atoms with Crippen LogP contribution in [0.4, 0.5) is 0 Å². The Morgan fingerprint density at radius 2 is 1.94 bits per heavy atom. The van der Waals surface area contributed by atoms with E-state index in [0.717, 1.165) is 18.5 Å². The van der Waals surface area contributed by atoms with E-state index in [4.69, 9.17) is 5.73 Å². The Hall–Kier alpha value is 0.270. The van der Waals surface area contributed by atoms with Crippen LogP contribution in [-0.2, 0) is 0 Å². The Morgan fingerprint density at radius 3 is 2.47 bits per heavy atom. The van der Waals surface area contributed by atoms with Crippen molar-refractivity contribution in [2.45, 2.75) is 57.5 Å². The zero-order valence-corrected chi connectivity index (χ0v) is 12.6. The third-order valence-electron chi connectivity index (χ3n) is 4.30. The van der Waals surface area contributed by atoms with Gasteiger partial charge in [-0.1, -0.05) is 6.92 Å². The molecule has 17 heavy (non-hydrogen) atoms. The fraction of sp³-hybridized carbons (Fsp3) is 1.00. The summed E-state index contributed by atoms with van der Waals surface area (Å²) < 4.78 is 0. The van der Waals surface area contributed by atoms with Crippen LogP contribution in [0, 0.1) is 5.92 Å². The molecule has 0 aromatic rings. The van der Waals surface area contributed by atoms with Crippen molar-refractivity contribution in [3.05, 3.63) is 0 Å². The molecule has 0 heterocycles. The first-order valence-electron chi connectivity index (χ1n) is 7.10. The largest absolute Gasteiger partial charge is 0.329 e. The molecule has 1 aliphatic carbocycles. The second-order valence-electron chi connectivity index (χ2n) is 5.60. The van der Waals surface area contributed by atoms with E-state index in [9.17, 15) is 0 Å². The van der Waals surface area contributed by atoms with Crippen molar-refractivity contribution in [2.75, 3.05) is 25.6 Å². The summed E-state index contributed by atoms with van der Waals surface area (Å²) in [6.45, 7) is 3.20. The number of hydrogen-bond donors (Lipinski definition) is 1. The van der Waals surface area contributed by atoms with Gasteiger partial charge in [-0.25, -0.2) is 0 Å². The van der Waals surface area contributed by atoms with Crippen molar-refractivity contribution in [3.8, 4) is 0 Å². The lowest BCUT2D eigenvalue weighted by molar-refractivity contribution is 0.121. The molecule has 3 heteroatoms. The van der Waals surface area contributed by atoms with E-state index >= 15 is 0 Å².